The number of benzene rings is 3. The van der Waals surface area contributed by atoms with Crippen molar-refractivity contribution in [1.82, 2.24) is 0 Å². The first kappa shape index (κ1) is 21.4. The summed E-state index contributed by atoms with van der Waals surface area (Å²) in [6.45, 7) is 5.32. The van der Waals surface area contributed by atoms with E-state index in [4.69, 9.17) is 4.85 Å². The van der Waals surface area contributed by atoms with E-state index in [1.807, 2.05) is 97.1 Å². The van der Waals surface area contributed by atoms with Gasteiger partial charge in [0.25, 0.3) is 0 Å². The molecule has 3 aromatic carbocycles. The topological polar surface area (TPSA) is 65.6 Å². The van der Waals surface area contributed by atoms with E-state index >= 15 is 0 Å². The molecule has 0 fully saturated rings. The minimum atomic E-state index is -2.58. The summed E-state index contributed by atoms with van der Waals surface area (Å²) < 4.78 is 0. The zero-order valence-electron chi connectivity index (χ0n) is 17.4. The normalized spacial score (nSPS) is 12.1. The Kier molecular flexibility index (Phi) is 6.45. The number of Topliss-reactive ketones (excluding diaryl/α,β-unsaturated/α-hetero) is 1. The van der Waals surface area contributed by atoms with Crippen LogP contribution in [-0.2, 0) is 4.79 Å². The SMILES string of the molecule is CC(C)(C)C(=O)C(C#N)=NN=P(c1ccccc1)(c1ccccc1)c1ccccc1. The Morgan fingerprint density at radius 2 is 1.13 bits per heavy atom. The molecule has 0 bridgehead atoms. The maximum atomic E-state index is 12.7. The molecule has 0 saturated heterocycles. The molecule has 5 heteroatoms. The van der Waals surface area contributed by atoms with E-state index in [0.29, 0.717) is 0 Å². The lowest BCUT2D eigenvalue weighted by molar-refractivity contribution is -0.119. The highest BCUT2D eigenvalue weighted by Gasteiger charge is 2.30. The van der Waals surface area contributed by atoms with Crippen molar-refractivity contribution >= 4 is 34.5 Å². The van der Waals surface area contributed by atoms with Gasteiger partial charge in [-0.1, -0.05) is 112 Å². The summed E-state index contributed by atoms with van der Waals surface area (Å²) in [5.74, 6) is -0.318. The number of rotatable bonds is 5. The average molecular weight is 413 g/mol. The summed E-state index contributed by atoms with van der Waals surface area (Å²) in [4.78, 5) is 17.5. The van der Waals surface area contributed by atoms with Gasteiger partial charge >= 0.3 is 0 Å². The van der Waals surface area contributed by atoms with Crippen LogP contribution in [0.4, 0.5) is 0 Å². The van der Waals surface area contributed by atoms with Gasteiger partial charge in [0.15, 0.2) is 5.78 Å². The minimum Gasteiger partial charge on any atom is -0.291 e. The van der Waals surface area contributed by atoms with E-state index in [-0.39, 0.29) is 11.5 Å². The van der Waals surface area contributed by atoms with Crippen molar-refractivity contribution in [2.75, 3.05) is 0 Å². The van der Waals surface area contributed by atoms with Gasteiger partial charge in [-0.3, -0.25) is 4.79 Å². The molecule has 0 amide bonds. The third kappa shape index (κ3) is 4.32. The fourth-order valence-corrected chi connectivity index (χ4v) is 6.36. The molecule has 0 saturated carbocycles. The number of ketones is 1. The van der Waals surface area contributed by atoms with Crippen LogP contribution in [0.2, 0.25) is 0 Å². The summed E-state index contributed by atoms with van der Waals surface area (Å²) in [5, 5.41) is 16.9. The van der Waals surface area contributed by atoms with Gasteiger partial charge in [-0.2, -0.15) is 10.1 Å². The monoisotopic (exact) mass is 413 g/mol. The predicted octanol–water partition coefficient (Wildman–Crippen LogP) is 4.66. The van der Waals surface area contributed by atoms with Gasteiger partial charge in [-0.05, 0) is 0 Å². The number of carbonyl (C=O) groups excluding carboxylic acids is 1. The van der Waals surface area contributed by atoms with Crippen molar-refractivity contribution in [1.29, 1.82) is 5.26 Å². The minimum absolute atomic E-state index is 0.172. The molecule has 0 radical (unpaired) electrons. The molecule has 150 valence electrons. The molecule has 3 rings (SSSR count). The van der Waals surface area contributed by atoms with Crippen molar-refractivity contribution in [2.24, 2.45) is 15.4 Å². The summed E-state index contributed by atoms with van der Waals surface area (Å²) >= 11 is 0. The zero-order chi connectivity index (χ0) is 21.6. The average Bonchev–Trinajstić information content (AvgIpc) is 2.78. The van der Waals surface area contributed by atoms with Crippen molar-refractivity contribution in [3.05, 3.63) is 91.0 Å². The number of nitriles is 1. The second-order valence-electron chi connectivity index (χ2n) is 7.87. The first-order chi connectivity index (χ1) is 14.4. The Morgan fingerprint density at radius 3 is 1.43 bits per heavy atom. The lowest BCUT2D eigenvalue weighted by atomic mass is 9.88. The fraction of sp³-hybridized carbons (Fsp3) is 0.160. The first-order valence-corrected chi connectivity index (χ1v) is 11.4. The van der Waals surface area contributed by atoms with Gasteiger partial charge in [-0.15, -0.1) is 5.10 Å². The van der Waals surface area contributed by atoms with Crippen LogP contribution in [0.25, 0.3) is 0 Å². The summed E-state index contributed by atoms with van der Waals surface area (Å²) in [6, 6.07) is 31.9. The van der Waals surface area contributed by atoms with Crippen molar-refractivity contribution in [3.8, 4) is 6.07 Å². The Labute approximate surface area is 178 Å². The molecule has 4 nitrogen and oxygen atoms in total. The van der Waals surface area contributed by atoms with E-state index in [2.05, 4.69) is 5.10 Å². The molecular formula is C25H24N3OP. The summed E-state index contributed by atoms with van der Waals surface area (Å²) in [5.41, 5.74) is -0.882. The zero-order valence-corrected chi connectivity index (χ0v) is 18.3. The first-order valence-electron chi connectivity index (χ1n) is 9.70. The highest BCUT2D eigenvalue weighted by Crippen LogP contribution is 2.46. The third-order valence-corrected chi connectivity index (χ3v) is 8.16. The number of nitrogens with zero attached hydrogens (tertiary/aromatic N) is 3. The molecule has 3 aromatic rings. The number of carbonyl (C=O) groups is 1. The second kappa shape index (κ2) is 9.03. The van der Waals surface area contributed by atoms with E-state index in [9.17, 15) is 10.1 Å². The van der Waals surface area contributed by atoms with Crippen LogP contribution in [0.3, 0.4) is 0 Å². The molecule has 0 aliphatic heterocycles. The van der Waals surface area contributed by atoms with Crippen LogP contribution in [0, 0.1) is 16.7 Å². The molecule has 0 aromatic heterocycles. The smallest absolute Gasteiger partial charge is 0.206 e. The van der Waals surface area contributed by atoms with Crippen LogP contribution in [0.15, 0.2) is 101 Å². The maximum absolute atomic E-state index is 12.7. The Hall–Kier alpha value is -3.28. The van der Waals surface area contributed by atoms with E-state index < -0.39 is 12.5 Å². The molecular weight excluding hydrogens is 389 g/mol. The Morgan fingerprint density at radius 1 is 0.767 bits per heavy atom. The molecule has 0 N–H and O–H groups in total. The second-order valence-corrected chi connectivity index (χ2v) is 10.9. The maximum Gasteiger partial charge on any atom is 0.206 e. The van der Waals surface area contributed by atoms with Gasteiger partial charge in [0.1, 0.15) is 6.07 Å². The fourth-order valence-electron chi connectivity index (χ4n) is 3.12. The molecule has 0 atom stereocenters. The van der Waals surface area contributed by atoms with Crippen LogP contribution >= 0.6 is 7.05 Å². The van der Waals surface area contributed by atoms with Crippen molar-refractivity contribution in [2.45, 2.75) is 20.8 Å². The molecule has 0 unspecified atom stereocenters. The number of hydrogen-bond donors (Lipinski definition) is 0. The third-order valence-electron chi connectivity index (χ3n) is 4.67. The van der Waals surface area contributed by atoms with Gasteiger partial charge in [0, 0.05) is 21.3 Å². The van der Waals surface area contributed by atoms with Gasteiger partial charge in [0.2, 0.25) is 5.71 Å². The summed E-state index contributed by atoms with van der Waals surface area (Å²) in [7, 11) is -2.58. The standard InChI is InChI=1S/C25H24N3OP/c1-25(2,3)24(29)23(19-26)27-28-30(20-13-7-4-8-14-20,21-15-9-5-10-16-21)22-17-11-6-12-18-22/h4-18H,1-3H3. The Bertz CT molecular complexity index is 1040. The lowest BCUT2D eigenvalue weighted by Gasteiger charge is -2.25. The summed E-state index contributed by atoms with van der Waals surface area (Å²) in [6.07, 6.45) is 0. The molecule has 0 aliphatic rings. The van der Waals surface area contributed by atoms with Crippen molar-refractivity contribution < 1.29 is 4.79 Å². The lowest BCUT2D eigenvalue weighted by Crippen LogP contribution is -2.28. The Balaban J connectivity index is 2.40. The van der Waals surface area contributed by atoms with Gasteiger partial charge in [-0.25, -0.2) is 0 Å². The van der Waals surface area contributed by atoms with Crippen molar-refractivity contribution in [3.63, 3.8) is 0 Å². The largest absolute Gasteiger partial charge is 0.291 e. The quantitative estimate of drug-likeness (QED) is 0.347. The van der Waals surface area contributed by atoms with E-state index in [1.54, 1.807) is 20.8 Å². The highest BCUT2D eigenvalue weighted by atomic mass is 31.2. The van der Waals surface area contributed by atoms with Crippen LogP contribution in [0.1, 0.15) is 20.8 Å². The highest BCUT2D eigenvalue weighted by molar-refractivity contribution is 7.87. The predicted molar refractivity (Wildman–Crippen MR) is 125 cm³/mol. The van der Waals surface area contributed by atoms with Gasteiger partial charge < -0.3 is 0 Å². The number of hydrogen-bond acceptors (Lipinski definition) is 3. The van der Waals surface area contributed by atoms with Gasteiger partial charge in [0.05, 0.1) is 7.05 Å². The van der Waals surface area contributed by atoms with E-state index in [1.165, 1.54) is 0 Å². The molecule has 0 heterocycles. The molecule has 30 heavy (non-hydrogen) atoms. The molecule has 0 aliphatic carbocycles. The molecule has 0 spiro atoms. The van der Waals surface area contributed by atoms with Crippen LogP contribution in [0.5, 0.6) is 0 Å². The van der Waals surface area contributed by atoms with E-state index in [0.717, 1.165) is 15.9 Å². The van der Waals surface area contributed by atoms with Crippen LogP contribution < -0.4 is 15.9 Å². The van der Waals surface area contributed by atoms with Crippen LogP contribution in [-0.4, -0.2) is 11.5 Å².